The SMILES string of the molecule is CO/N=C(/C(=O)N[C@@H]1C(=O)N2C(C(=O)O)=C(COC(N)=O)CS[C@H]12)c1cccs1. The molecule has 0 unspecified atom stereocenters. The number of nitrogens with one attached hydrogen (secondary N) is 1. The van der Waals surface area contributed by atoms with Gasteiger partial charge >= 0.3 is 12.1 Å². The molecule has 11 nitrogen and oxygen atoms in total. The maximum Gasteiger partial charge on any atom is 0.404 e. The Balaban J connectivity index is 1.77. The van der Waals surface area contributed by atoms with Crippen molar-refractivity contribution in [3.8, 4) is 0 Å². The normalized spacial score (nSPS) is 21.2. The predicted octanol–water partition coefficient (Wildman–Crippen LogP) is -0.0675. The molecule has 2 aliphatic rings. The number of hydrogen-bond donors (Lipinski definition) is 3. The van der Waals surface area contributed by atoms with E-state index < -0.39 is 35.3 Å². The van der Waals surface area contributed by atoms with Gasteiger partial charge in [-0.2, -0.15) is 0 Å². The van der Waals surface area contributed by atoms with E-state index in [0.717, 1.165) is 4.90 Å². The highest BCUT2D eigenvalue weighted by atomic mass is 32.2. The number of thiophene rings is 1. The molecule has 0 bridgehead atoms. The fraction of sp³-hybridized carbons (Fsp3) is 0.312. The molecular weight excluding hydrogens is 424 g/mol. The summed E-state index contributed by atoms with van der Waals surface area (Å²) in [6, 6.07) is 2.50. The van der Waals surface area contributed by atoms with E-state index in [1.807, 2.05) is 0 Å². The number of aliphatic carboxylic acids is 1. The molecule has 2 aliphatic heterocycles. The number of nitrogens with two attached hydrogens (primary N) is 1. The quantitative estimate of drug-likeness (QED) is 0.302. The fourth-order valence-corrected chi connectivity index (χ4v) is 4.89. The summed E-state index contributed by atoms with van der Waals surface area (Å²) < 4.78 is 4.66. The van der Waals surface area contributed by atoms with Gasteiger partial charge in [0.05, 0.1) is 4.88 Å². The van der Waals surface area contributed by atoms with E-state index in [9.17, 15) is 24.3 Å². The first kappa shape index (κ1) is 20.7. The highest BCUT2D eigenvalue weighted by molar-refractivity contribution is 8.00. The van der Waals surface area contributed by atoms with Crippen LogP contribution in [0.25, 0.3) is 0 Å². The van der Waals surface area contributed by atoms with Crippen LogP contribution in [0.3, 0.4) is 0 Å². The Morgan fingerprint density at radius 1 is 1.45 bits per heavy atom. The molecule has 29 heavy (non-hydrogen) atoms. The molecule has 0 spiro atoms. The Bertz CT molecular complexity index is 912. The van der Waals surface area contributed by atoms with Gasteiger partial charge in [0.1, 0.15) is 30.8 Å². The van der Waals surface area contributed by atoms with Crippen molar-refractivity contribution in [3.05, 3.63) is 33.7 Å². The molecular formula is C16H16N4O7S2. The van der Waals surface area contributed by atoms with E-state index in [-0.39, 0.29) is 29.3 Å². The molecule has 1 saturated heterocycles. The molecule has 0 saturated carbocycles. The number of ether oxygens (including phenoxy) is 1. The number of carboxylic acid groups (broad SMARTS) is 1. The van der Waals surface area contributed by atoms with E-state index in [2.05, 4.69) is 15.2 Å². The first-order chi connectivity index (χ1) is 13.8. The van der Waals surface area contributed by atoms with Crippen LogP contribution in [0.2, 0.25) is 0 Å². The van der Waals surface area contributed by atoms with Gasteiger partial charge in [-0.25, -0.2) is 9.59 Å². The predicted molar refractivity (Wildman–Crippen MR) is 103 cm³/mol. The Kier molecular flexibility index (Phi) is 6.08. The molecule has 1 fully saturated rings. The minimum absolute atomic E-state index is 0.0131. The van der Waals surface area contributed by atoms with Crippen LogP contribution in [0.1, 0.15) is 4.88 Å². The van der Waals surface area contributed by atoms with E-state index in [1.54, 1.807) is 17.5 Å². The maximum absolute atomic E-state index is 12.6. The van der Waals surface area contributed by atoms with Crippen molar-refractivity contribution in [1.82, 2.24) is 10.2 Å². The van der Waals surface area contributed by atoms with Gasteiger partial charge < -0.3 is 25.7 Å². The van der Waals surface area contributed by atoms with Gasteiger partial charge in [0.2, 0.25) is 0 Å². The summed E-state index contributed by atoms with van der Waals surface area (Å²) in [5.74, 6) is -2.35. The number of oxime groups is 1. The van der Waals surface area contributed by atoms with Crippen LogP contribution >= 0.6 is 23.1 Å². The van der Waals surface area contributed by atoms with E-state index in [0.29, 0.717) is 4.88 Å². The molecule has 3 amide bonds. The van der Waals surface area contributed by atoms with Gasteiger partial charge in [0.25, 0.3) is 11.8 Å². The third-order valence-electron chi connectivity index (χ3n) is 4.08. The average Bonchev–Trinajstić information content (AvgIpc) is 3.21. The number of carbonyl (C=O) groups is 4. The van der Waals surface area contributed by atoms with Gasteiger partial charge in [-0.3, -0.25) is 14.5 Å². The Morgan fingerprint density at radius 3 is 2.79 bits per heavy atom. The van der Waals surface area contributed by atoms with Gasteiger partial charge in [0, 0.05) is 11.3 Å². The number of thioether (sulfide) groups is 1. The van der Waals surface area contributed by atoms with Crippen molar-refractivity contribution >= 4 is 52.7 Å². The second-order valence-electron chi connectivity index (χ2n) is 5.83. The lowest BCUT2D eigenvalue weighted by atomic mass is 10.0. The zero-order chi connectivity index (χ0) is 21.1. The molecule has 0 aromatic carbocycles. The van der Waals surface area contributed by atoms with Crippen molar-refractivity contribution < 1.29 is 33.9 Å². The number of carbonyl (C=O) groups excluding carboxylic acids is 3. The molecule has 13 heteroatoms. The summed E-state index contributed by atoms with van der Waals surface area (Å²) in [5.41, 5.74) is 4.91. The number of hydrogen-bond acceptors (Lipinski definition) is 9. The zero-order valence-electron chi connectivity index (χ0n) is 15.0. The summed E-state index contributed by atoms with van der Waals surface area (Å²) in [5, 5.41) is 17.0. The van der Waals surface area contributed by atoms with Crippen LogP contribution in [0.15, 0.2) is 33.9 Å². The average molecular weight is 440 g/mol. The third kappa shape index (κ3) is 4.05. The topological polar surface area (TPSA) is 161 Å². The number of nitrogens with zero attached hydrogens (tertiary/aromatic N) is 2. The van der Waals surface area contributed by atoms with Crippen LogP contribution in [0.4, 0.5) is 4.79 Å². The Morgan fingerprint density at radius 2 is 2.21 bits per heavy atom. The molecule has 4 N–H and O–H groups in total. The summed E-state index contributed by atoms with van der Waals surface area (Å²) >= 11 is 2.52. The smallest absolute Gasteiger partial charge is 0.404 e. The van der Waals surface area contributed by atoms with E-state index >= 15 is 0 Å². The summed E-state index contributed by atoms with van der Waals surface area (Å²) in [7, 11) is 1.30. The molecule has 1 aromatic heterocycles. The monoisotopic (exact) mass is 440 g/mol. The fourth-order valence-electron chi connectivity index (χ4n) is 2.87. The molecule has 3 rings (SSSR count). The first-order valence-electron chi connectivity index (χ1n) is 8.13. The highest BCUT2D eigenvalue weighted by Crippen LogP contribution is 2.40. The highest BCUT2D eigenvalue weighted by Gasteiger charge is 2.54. The number of carboxylic acids is 1. The standard InChI is InChI=1S/C16H16N4O7S2/c1-26-19-9(8-3-2-4-28-8)12(21)18-10-13(22)20-11(15(23)24)7(5-27-16(17)25)6-29-14(10)20/h2-4,10,14H,5-6H2,1H3,(H2,17,25)(H,18,21)(H,23,24)/b19-9+/t10-,14-/m1/s1. The van der Waals surface area contributed by atoms with Crippen LogP contribution in [-0.2, 0) is 24.0 Å². The number of β-lactam (4-membered cyclic amide) rings is 1. The van der Waals surface area contributed by atoms with Gasteiger partial charge in [0.15, 0.2) is 5.71 Å². The second-order valence-corrected chi connectivity index (χ2v) is 7.88. The molecule has 154 valence electrons. The minimum Gasteiger partial charge on any atom is -0.477 e. The first-order valence-corrected chi connectivity index (χ1v) is 10.1. The lowest BCUT2D eigenvalue weighted by molar-refractivity contribution is -0.150. The summed E-state index contributed by atoms with van der Waals surface area (Å²) in [6.45, 7) is -0.333. The van der Waals surface area contributed by atoms with Crippen LogP contribution in [0.5, 0.6) is 0 Å². The Hall–Kier alpha value is -3.06. The molecule has 1 aromatic rings. The number of rotatable bonds is 7. The largest absolute Gasteiger partial charge is 0.477 e. The lowest BCUT2D eigenvalue weighted by Gasteiger charge is -2.49. The Labute approximate surface area is 172 Å². The second kappa shape index (κ2) is 8.53. The van der Waals surface area contributed by atoms with E-state index in [1.165, 1.54) is 30.2 Å². The molecule has 0 aliphatic carbocycles. The van der Waals surface area contributed by atoms with Crippen molar-refractivity contribution in [1.29, 1.82) is 0 Å². The lowest BCUT2D eigenvalue weighted by Crippen LogP contribution is -2.71. The van der Waals surface area contributed by atoms with Crippen LogP contribution in [-0.4, -0.2) is 70.5 Å². The number of amides is 3. The van der Waals surface area contributed by atoms with Gasteiger partial charge in [-0.1, -0.05) is 11.2 Å². The zero-order valence-corrected chi connectivity index (χ0v) is 16.6. The summed E-state index contributed by atoms with van der Waals surface area (Å²) in [4.78, 5) is 54.0. The van der Waals surface area contributed by atoms with Crippen LogP contribution in [0, 0.1) is 0 Å². The molecule has 3 heterocycles. The van der Waals surface area contributed by atoms with Crippen molar-refractivity contribution in [3.63, 3.8) is 0 Å². The van der Waals surface area contributed by atoms with E-state index in [4.69, 9.17) is 10.6 Å². The van der Waals surface area contributed by atoms with Gasteiger partial charge in [-0.05, 0) is 11.4 Å². The van der Waals surface area contributed by atoms with Crippen molar-refractivity contribution in [2.75, 3.05) is 19.5 Å². The molecule has 2 atom stereocenters. The maximum atomic E-state index is 12.6. The number of fused-ring (bicyclic) bond motifs is 1. The van der Waals surface area contributed by atoms with Gasteiger partial charge in [-0.15, -0.1) is 23.1 Å². The third-order valence-corrected chi connectivity index (χ3v) is 6.29. The molecule has 0 radical (unpaired) electrons. The summed E-state index contributed by atoms with van der Waals surface area (Å²) in [6.07, 6.45) is -1.05. The van der Waals surface area contributed by atoms with Crippen molar-refractivity contribution in [2.45, 2.75) is 11.4 Å². The minimum atomic E-state index is -1.34. The van der Waals surface area contributed by atoms with Crippen molar-refractivity contribution in [2.24, 2.45) is 10.9 Å². The number of primary amides is 1. The van der Waals surface area contributed by atoms with Crippen LogP contribution < -0.4 is 11.1 Å².